The maximum Gasteiger partial charge on any atom is 0.254 e. The third-order valence-electron chi connectivity index (χ3n) is 4.77. The normalized spacial score (nSPS) is 12.9. The molecule has 2 N–H and O–H groups in total. The second kappa shape index (κ2) is 9.63. The summed E-state index contributed by atoms with van der Waals surface area (Å²) in [5, 5.41) is 4.94. The molecule has 3 rings (SSSR count). The molecule has 1 saturated carbocycles. The van der Waals surface area contributed by atoms with E-state index in [-0.39, 0.29) is 18.4 Å². The largest absolute Gasteiger partial charge is 0.329 e. The van der Waals surface area contributed by atoms with E-state index in [9.17, 15) is 27.6 Å². The minimum absolute atomic E-state index is 0.0483. The number of hydrogen-bond acceptors (Lipinski definition) is 3. The number of halogens is 3. The van der Waals surface area contributed by atoms with Crippen LogP contribution in [0, 0.1) is 23.4 Å². The quantitative estimate of drug-likeness (QED) is 0.619. The van der Waals surface area contributed by atoms with Gasteiger partial charge in [-0.1, -0.05) is 6.92 Å². The van der Waals surface area contributed by atoms with Crippen LogP contribution in [0.3, 0.4) is 0 Å². The van der Waals surface area contributed by atoms with Crippen LogP contribution in [-0.2, 0) is 9.59 Å². The number of anilines is 2. The van der Waals surface area contributed by atoms with Crippen molar-refractivity contribution in [1.29, 1.82) is 0 Å². The molecule has 2 aromatic carbocycles. The van der Waals surface area contributed by atoms with E-state index in [0.717, 1.165) is 18.9 Å². The Bertz CT molecular complexity index is 991. The van der Waals surface area contributed by atoms with Gasteiger partial charge < -0.3 is 15.5 Å². The fraction of sp³-hybridized carbons (Fsp3) is 0.318. The van der Waals surface area contributed by atoms with Crippen molar-refractivity contribution < 1.29 is 27.6 Å². The van der Waals surface area contributed by atoms with Gasteiger partial charge in [0.2, 0.25) is 11.8 Å². The summed E-state index contributed by atoms with van der Waals surface area (Å²) >= 11 is 0. The first-order valence-corrected chi connectivity index (χ1v) is 9.93. The number of amides is 3. The van der Waals surface area contributed by atoms with Crippen LogP contribution in [0.15, 0.2) is 36.4 Å². The van der Waals surface area contributed by atoms with Crippen LogP contribution >= 0.6 is 0 Å². The summed E-state index contributed by atoms with van der Waals surface area (Å²) in [5.74, 6) is -5.73. The fourth-order valence-electron chi connectivity index (χ4n) is 2.98. The van der Waals surface area contributed by atoms with Gasteiger partial charge in [0.05, 0.1) is 5.69 Å². The highest BCUT2D eigenvalue weighted by atomic mass is 19.2. The number of rotatable bonds is 8. The Kier molecular flexibility index (Phi) is 6.94. The summed E-state index contributed by atoms with van der Waals surface area (Å²) < 4.78 is 40.2. The molecule has 0 radical (unpaired) electrons. The van der Waals surface area contributed by atoms with Gasteiger partial charge >= 0.3 is 0 Å². The summed E-state index contributed by atoms with van der Waals surface area (Å²) in [6.45, 7) is 1.68. The Morgan fingerprint density at radius 2 is 1.65 bits per heavy atom. The van der Waals surface area contributed by atoms with Gasteiger partial charge in [0, 0.05) is 23.7 Å². The molecule has 3 amide bonds. The lowest BCUT2D eigenvalue weighted by molar-refractivity contribution is -0.117. The minimum atomic E-state index is -1.69. The smallest absolute Gasteiger partial charge is 0.254 e. The summed E-state index contributed by atoms with van der Waals surface area (Å²) in [5.41, 5.74) is 0.371. The Labute approximate surface area is 177 Å². The Balaban J connectivity index is 1.65. The zero-order chi connectivity index (χ0) is 22.5. The van der Waals surface area contributed by atoms with Crippen LogP contribution in [0.1, 0.15) is 36.5 Å². The molecule has 0 spiro atoms. The Morgan fingerprint density at radius 1 is 0.968 bits per heavy atom. The first-order valence-electron chi connectivity index (χ1n) is 9.93. The molecule has 0 saturated heterocycles. The summed E-state index contributed by atoms with van der Waals surface area (Å²) in [4.78, 5) is 38.2. The van der Waals surface area contributed by atoms with Gasteiger partial charge in [-0.3, -0.25) is 14.4 Å². The van der Waals surface area contributed by atoms with Crippen LogP contribution in [0.2, 0.25) is 0 Å². The summed E-state index contributed by atoms with van der Waals surface area (Å²) in [6.07, 6.45) is 2.32. The average Bonchev–Trinajstić information content (AvgIpc) is 3.59. The van der Waals surface area contributed by atoms with Crippen molar-refractivity contribution in [3.63, 3.8) is 0 Å². The standard InChI is InChI=1S/C22H22F3N3O3/c1-2-11-28(12-18(29)27-17-10-9-16(23)19(24)20(17)25)22(31)14-5-7-15(8-6-14)26-21(30)13-3-4-13/h5-10,13H,2-4,11-12H2,1H3,(H,26,30)(H,27,29). The minimum Gasteiger partial charge on any atom is -0.329 e. The molecule has 1 aliphatic carbocycles. The third-order valence-corrected chi connectivity index (χ3v) is 4.77. The van der Waals surface area contributed by atoms with Gasteiger partial charge in [-0.25, -0.2) is 13.2 Å². The Morgan fingerprint density at radius 3 is 2.26 bits per heavy atom. The topological polar surface area (TPSA) is 78.5 Å². The number of hydrogen-bond donors (Lipinski definition) is 2. The lowest BCUT2D eigenvalue weighted by Crippen LogP contribution is -2.38. The molecular weight excluding hydrogens is 411 g/mol. The van der Waals surface area contributed by atoms with E-state index < -0.39 is 41.5 Å². The number of carbonyl (C=O) groups is 3. The molecule has 0 aliphatic heterocycles. The van der Waals surface area contributed by atoms with Gasteiger partial charge in [0.1, 0.15) is 6.54 Å². The molecule has 9 heteroatoms. The van der Waals surface area contributed by atoms with E-state index in [1.54, 1.807) is 24.3 Å². The zero-order valence-corrected chi connectivity index (χ0v) is 16.9. The van der Waals surface area contributed by atoms with Crippen molar-refractivity contribution in [2.24, 2.45) is 5.92 Å². The predicted molar refractivity (Wildman–Crippen MR) is 109 cm³/mol. The molecule has 1 aliphatic rings. The van der Waals surface area contributed by atoms with Gasteiger partial charge in [0.15, 0.2) is 17.5 Å². The molecule has 0 bridgehead atoms. The van der Waals surface area contributed by atoms with Crippen molar-refractivity contribution in [1.82, 2.24) is 4.90 Å². The zero-order valence-electron chi connectivity index (χ0n) is 16.9. The second-order valence-electron chi connectivity index (χ2n) is 7.34. The maximum atomic E-state index is 13.8. The highest BCUT2D eigenvalue weighted by molar-refractivity contribution is 6.00. The van der Waals surface area contributed by atoms with Gasteiger partial charge in [-0.15, -0.1) is 0 Å². The van der Waals surface area contributed by atoms with E-state index in [1.807, 2.05) is 6.92 Å². The van der Waals surface area contributed by atoms with Crippen molar-refractivity contribution in [2.75, 3.05) is 23.7 Å². The van der Waals surface area contributed by atoms with Crippen LogP contribution in [0.4, 0.5) is 24.5 Å². The molecule has 0 heterocycles. The van der Waals surface area contributed by atoms with Crippen LogP contribution in [0.25, 0.3) is 0 Å². The molecule has 1 fully saturated rings. The number of nitrogens with one attached hydrogen (secondary N) is 2. The molecule has 164 valence electrons. The lowest BCUT2D eigenvalue weighted by atomic mass is 10.1. The van der Waals surface area contributed by atoms with E-state index in [1.165, 1.54) is 4.90 Å². The van der Waals surface area contributed by atoms with Crippen molar-refractivity contribution in [2.45, 2.75) is 26.2 Å². The summed E-state index contributed by atoms with van der Waals surface area (Å²) in [6, 6.07) is 7.91. The lowest BCUT2D eigenvalue weighted by Gasteiger charge is -2.22. The van der Waals surface area contributed by atoms with Gasteiger partial charge in [0.25, 0.3) is 5.91 Å². The average molecular weight is 433 g/mol. The maximum absolute atomic E-state index is 13.8. The molecule has 6 nitrogen and oxygen atoms in total. The molecule has 2 aromatic rings. The molecule has 0 atom stereocenters. The molecular formula is C22H22F3N3O3. The Hall–Kier alpha value is -3.36. The van der Waals surface area contributed by atoms with E-state index in [0.29, 0.717) is 23.7 Å². The number of nitrogens with zero attached hydrogens (tertiary/aromatic N) is 1. The van der Waals surface area contributed by atoms with E-state index in [2.05, 4.69) is 10.6 Å². The molecule has 31 heavy (non-hydrogen) atoms. The van der Waals surface area contributed by atoms with E-state index in [4.69, 9.17) is 0 Å². The summed E-state index contributed by atoms with van der Waals surface area (Å²) in [7, 11) is 0. The first-order chi connectivity index (χ1) is 14.8. The van der Waals surface area contributed by atoms with Gasteiger partial charge in [-0.2, -0.15) is 0 Å². The van der Waals surface area contributed by atoms with Crippen molar-refractivity contribution >= 4 is 29.1 Å². The van der Waals surface area contributed by atoms with Crippen LogP contribution in [0.5, 0.6) is 0 Å². The number of carbonyl (C=O) groups excluding carboxylic acids is 3. The van der Waals surface area contributed by atoms with Gasteiger partial charge in [-0.05, 0) is 55.7 Å². The SMILES string of the molecule is CCCN(CC(=O)Nc1ccc(F)c(F)c1F)C(=O)c1ccc(NC(=O)C2CC2)cc1. The van der Waals surface area contributed by atoms with Crippen molar-refractivity contribution in [3.8, 4) is 0 Å². The van der Waals surface area contributed by atoms with E-state index >= 15 is 0 Å². The first kappa shape index (κ1) is 22.3. The predicted octanol–water partition coefficient (Wildman–Crippen LogP) is 3.94. The second-order valence-corrected chi connectivity index (χ2v) is 7.34. The number of benzene rings is 2. The van der Waals surface area contributed by atoms with Crippen LogP contribution < -0.4 is 10.6 Å². The molecule has 0 aromatic heterocycles. The fourth-order valence-corrected chi connectivity index (χ4v) is 2.98. The third kappa shape index (κ3) is 5.62. The molecule has 0 unspecified atom stereocenters. The highest BCUT2D eigenvalue weighted by Gasteiger charge is 2.29. The van der Waals surface area contributed by atoms with Crippen molar-refractivity contribution in [3.05, 3.63) is 59.4 Å². The highest BCUT2D eigenvalue weighted by Crippen LogP contribution is 2.30. The monoisotopic (exact) mass is 433 g/mol. The van der Waals surface area contributed by atoms with Crippen LogP contribution in [-0.4, -0.2) is 35.7 Å².